The largest absolute Gasteiger partial charge is 0.497 e. The molecule has 2 aromatic rings. The van der Waals surface area contributed by atoms with Gasteiger partial charge in [0, 0.05) is 12.6 Å². The van der Waals surface area contributed by atoms with E-state index in [2.05, 4.69) is 5.32 Å². The zero-order valence-corrected chi connectivity index (χ0v) is 14.7. The minimum absolute atomic E-state index is 0.00893. The van der Waals surface area contributed by atoms with E-state index in [9.17, 15) is 27.1 Å². The molecule has 1 atom stereocenters. The van der Waals surface area contributed by atoms with Crippen LogP contribution in [0.15, 0.2) is 30.3 Å². The van der Waals surface area contributed by atoms with Crippen molar-refractivity contribution in [1.82, 2.24) is 0 Å². The normalized spacial score (nSPS) is 12.6. The van der Waals surface area contributed by atoms with Gasteiger partial charge in [0.25, 0.3) is 0 Å². The average molecular weight is 412 g/mol. The average Bonchev–Trinajstić information content (AvgIpc) is 2.62. The van der Waals surface area contributed by atoms with E-state index in [1.807, 2.05) is 0 Å². The molecule has 0 aliphatic carbocycles. The second-order valence-electron chi connectivity index (χ2n) is 5.42. The Morgan fingerprint density at radius 3 is 2.30 bits per heavy atom. The molecule has 0 fully saturated rings. The molecule has 4 nitrogen and oxygen atoms in total. The molecule has 2 rings (SSSR count). The van der Waals surface area contributed by atoms with Gasteiger partial charge in [-0.2, -0.15) is 13.2 Å². The van der Waals surface area contributed by atoms with E-state index in [4.69, 9.17) is 21.1 Å². The molecule has 0 aliphatic heterocycles. The Bertz CT molecular complexity index is 778. The number of methoxy groups -OCH3 is 1. The van der Waals surface area contributed by atoms with Crippen LogP contribution in [0.5, 0.6) is 17.2 Å². The summed E-state index contributed by atoms with van der Waals surface area (Å²) in [5, 5.41) is 12.3. The number of ether oxygens (including phenoxy) is 2. The first-order chi connectivity index (χ1) is 12.7. The van der Waals surface area contributed by atoms with Gasteiger partial charge in [-0.05, 0) is 24.3 Å². The Morgan fingerprint density at radius 2 is 1.78 bits per heavy atom. The summed E-state index contributed by atoms with van der Waals surface area (Å²) in [6, 6.07) is 4.46. The molecule has 0 saturated heterocycles. The summed E-state index contributed by atoms with van der Waals surface area (Å²) in [6.07, 6.45) is -5.81. The quantitative estimate of drug-likeness (QED) is 0.508. The predicted octanol–water partition coefficient (Wildman–Crippen LogP) is 4.80. The third-order valence-corrected chi connectivity index (χ3v) is 3.79. The second-order valence-corrected chi connectivity index (χ2v) is 5.73. The monoisotopic (exact) mass is 411 g/mol. The van der Waals surface area contributed by atoms with Crippen molar-refractivity contribution in [2.24, 2.45) is 0 Å². The molecule has 0 bridgehead atoms. The van der Waals surface area contributed by atoms with E-state index in [1.165, 1.54) is 25.3 Å². The van der Waals surface area contributed by atoms with E-state index in [-0.39, 0.29) is 36.0 Å². The van der Waals surface area contributed by atoms with Crippen LogP contribution < -0.4 is 14.8 Å². The van der Waals surface area contributed by atoms with Crippen molar-refractivity contribution in [3.63, 3.8) is 0 Å². The van der Waals surface area contributed by atoms with Gasteiger partial charge in [0.15, 0.2) is 23.1 Å². The molecule has 0 spiro atoms. The molecule has 0 saturated carbocycles. The Morgan fingerprint density at radius 1 is 1.15 bits per heavy atom. The van der Waals surface area contributed by atoms with Crippen LogP contribution in [0, 0.1) is 11.6 Å². The lowest BCUT2D eigenvalue weighted by Crippen LogP contribution is -2.21. The Labute approximate surface area is 156 Å². The molecule has 0 radical (unpaired) electrons. The van der Waals surface area contributed by atoms with Crippen molar-refractivity contribution in [2.45, 2.75) is 12.3 Å². The lowest BCUT2D eigenvalue weighted by Gasteiger charge is -2.17. The predicted molar refractivity (Wildman–Crippen MR) is 89.6 cm³/mol. The summed E-state index contributed by atoms with van der Waals surface area (Å²) < 4.78 is 76.1. The first kappa shape index (κ1) is 21.0. The van der Waals surface area contributed by atoms with Crippen LogP contribution >= 0.6 is 11.6 Å². The first-order valence-electron chi connectivity index (χ1n) is 7.55. The molecule has 0 heterocycles. The van der Waals surface area contributed by atoms with Crippen molar-refractivity contribution in [3.05, 3.63) is 47.5 Å². The number of hydrogen-bond acceptors (Lipinski definition) is 4. The van der Waals surface area contributed by atoms with Gasteiger partial charge < -0.3 is 19.9 Å². The van der Waals surface area contributed by atoms with Crippen molar-refractivity contribution in [2.75, 3.05) is 24.9 Å². The van der Waals surface area contributed by atoms with Crippen LogP contribution in [0.3, 0.4) is 0 Å². The summed E-state index contributed by atoms with van der Waals surface area (Å²) in [7, 11) is 1.39. The van der Waals surface area contributed by atoms with Gasteiger partial charge in [-0.15, -0.1) is 11.6 Å². The third kappa shape index (κ3) is 5.36. The van der Waals surface area contributed by atoms with Gasteiger partial charge in [0.2, 0.25) is 0 Å². The van der Waals surface area contributed by atoms with Gasteiger partial charge in [-0.1, -0.05) is 0 Å². The standard InChI is InChI=1S/C17H15ClF5NO3/c1-26-11-2-3-15(14(6-11)24-8-10(25)7-18)27-16-12(19)4-9(5-13(16)20)17(21,22)23/h2-6,10,24-25H,7-8H2,1H3. The minimum atomic E-state index is -4.90. The highest BCUT2D eigenvalue weighted by Gasteiger charge is 2.33. The number of aliphatic hydroxyl groups excluding tert-OH is 1. The van der Waals surface area contributed by atoms with Crippen molar-refractivity contribution < 1.29 is 36.5 Å². The fraction of sp³-hybridized carbons (Fsp3) is 0.294. The lowest BCUT2D eigenvalue weighted by molar-refractivity contribution is -0.138. The maximum atomic E-state index is 14.0. The summed E-state index contributed by atoms with van der Waals surface area (Å²) in [5.74, 6) is -3.78. The zero-order chi connectivity index (χ0) is 20.2. The van der Waals surface area contributed by atoms with Gasteiger partial charge in [0.1, 0.15) is 5.75 Å². The van der Waals surface area contributed by atoms with E-state index >= 15 is 0 Å². The van der Waals surface area contributed by atoms with Crippen LogP contribution in [0.1, 0.15) is 5.56 Å². The minimum Gasteiger partial charge on any atom is -0.497 e. The molecule has 0 aromatic heterocycles. The number of nitrogens with one attached hydrogen (secondary N) is 1. The highest BCUT2D eigenvalue weighted by molar-refractivity contribution is 6.18. The topological polar surface area (TPSA) is 50.7 Å². The van der Waals surface area contributed by atoms with Gasteiger partial charge >= 0.3 is 6.18 Å². The highest BCUT2D eigenvalue weighted by Crippen LogP contribution is 2.38. The Kier molecular flexibility index (Phi) is 6.72. The van der Waals surface area contributed by atoms with Crippen LogP contribution in [-0.2, 0) is 6.18 Å². The summed E-state index contributed by atoms with van der Waals surface area (Å²) >= 11 is 5.50. The summed E-state index contributed by atoms with van der Waals surface area (Å²) in [5.41, 5.74) is -1.28. The van der Waals surface area contributed by atoms with E-state index < -0.39 is 35.2 Å². The number of alkyl halides is 4. The molecule has 27 heavy (non-hydrogen) atoms. The summed E-state index contributed by atoms with van der Waals surface area (Å²) in [6.45, 7) is -0.00893. The molecule has 0 aliphatic rings. The van der Waals surface area contributed by atoms with Gasteiger partial charge in [0.05, 0.1) is 30.3 Å². The van der Waals surface area contributed by atoms with Crippen LogP contribution in [0.4, 0.5) is 27.6 Å². The highest BCUT2D eigenvalue weighted by atomic mass is 35.5. The van der Waals surface area contributed by atoms with Crippen molar-refractivity contribution in [1.29, 1.82) is 0 Å². The van der Waals surface area contributed by atoms with Crippen LogP contribution in [0.2, 0.25) is 0 Å². The number of hydrogen-bond donors (Lipinski definition) is 2. The molecule has 148 valence electrons. The van der Waals surface area contributed by atoms with E-state index in [0.717, 1.165) is 0 Å². The molecular formula is C17H15ClF5NO3. The maximum Gasteiger partial charge on any atom is 0.416 e. The Hall–Kier alpha value is -2.26. The van der Waals surface area contributed by atoms with Crippen molar-refractivity contribution in [3.8, 4) is 17.2 Å². The number of halogens is 6. The Balaban J connectivity index is 2.36. The van der Waals surface area contributed by atoms with Crippen LogP contribution in [-0.4, -0.2) is 30.7 Å². The van der Waals surface area contributed by atoms with Gasteiger partial charge in [-0.25, -0.2) is 8.78 Å². The second kappa shape index (κ2) is 8.62. The molecule has 1 unspecified atom stereocenters. The number of anilines is 1. The number of rotatable bonds is 7. The van der Waals surface area contributed by atoms with E-state index in [1.54, 1.807) is 0 Å². The van der Waals surface area contributed by atoms with Gasteiger partial charge in [-0.3, -0.25) is 0 Å². The molecule has 0 amide bonds. The fourth-order valence-electron chi connectivity index (χ4n) is 2.08. The molecule has 2 N–H and O–H groups in total. The third-order valence-electron chi connectivity index (χ3n) is 3.43. The van der Waals surface area contributed by atoms with E-state index in [0.29, 0.717) is 5.75 Å². The van der Waals surface area contributed by atoms with Crippen molar-refractivity contribution >= 4 is 17.3 Å². The number of aliphatic hydroxyl groups is 1. The first-order valence-corrected chi connectivity index (χ1v) is 8.09. The zero-order valence-electron chi connectivity index (χ0n) is 13.9. The SMILES string of the molecule is COc1ccc(Oc2c(F)cc(C(F)(F)F)cc2F)c(NCC(O)CCl)c1. The molecule has 10 heteroatoms. The molecule has 2 aromatic carbocycles. The number of benzene rings is 2. The fourth-order valence-corrected chi connectivity index (χ4v) is 2.19. The maximum absolute atomic E-state index is 14.0. The molecular weight excluding hydrogens is 397 g/mol. The van der Waals surface area contributed by atoms with Crippen LogP contribution in [0.25, 0.3) is 0 Å². The summed E-state index contributed by atoms with van der Waals surface area (Å²) in [4.78, 5) is 0. The lowest BCUT2D eigenvalue weighted by atomic mass is 10.2. The smallest absolute Gasteiger partial charge is 0.416 e.